The summed E-state index contributed by atoms with van der Waals surface area (Å²) < 4.78 is 24.6. The number of aliphatic hydroxyl groups is 1. The van der Waals surface area contributed by atoms with Gasteiger partial charge >= 0.3 is 0 Å². The van der Waals surface area contributed by atoms with Crippen molar-refractivity contribution >= 4 is 5.91 Å². The molecule has 0 radical (unpaired) electrons. The van der Waals surface area contributed by atoms with Crippen LogP contribution in [-0.4, -0.2) is 54.1 Å². The van der Waals surface area contributed by atoms with E-state index in [1.165, 1.54) is 0 Å². The van der Waals surface area contributed by atoms with Crippen LogP contribution >= 0.6 is 0 Å². The Morgan fingerprint density at radius 3 is 2.76 bits per heavy atom. The van der Waals surface area contributed by atoms with E-state index in [9.17, 15) is 13.6 Å². The summed E-state index contributed by atoms with van der Waals surface area (Å²) in [5.74, 6) is -0.328. The molecule has 0 aliphatic carbocycles. The van der Waals surface area contributed by atoms with Crippen molar-refractivity contribution < 1.29 is 18.7 Å². The Bertz CT molecular complexity index is 252. The summed E-state index contributed by atoms with van der Waals surface area (Å²) in [6, 6.07) is -0.149. The standard InChI is InChI=1S/C11H20F2N2O2/c1-8-3-2-4-9(14-8)11(17)15(5-6-16)7-10(12)13/h8-10,14,16H,2-7H2,1H3. The summed E-state index contributed by atoms with van der Waals surface area (Å²) in [6.45, 7) is 1.05. The van der Waals surface area contributed by atoms with Crippen molar-refractivity contribution in [3.05, 3.63) is 0 Å². The van der Waals surface area contributed by atoms with Gasteiger partial charge in [0.15, 0.2) is 0 Å². The zero-order valence-corrected chi connectivity index (χ0v) is 10.0. The van der Waals surface area contributed by atoms with E-state index < -0.39 is 13.0 Å². The number of rotatable bonds is 5. The Balaban J connectivity index is 2.56. The van der Waals surface area contributed by atoms with Gasteiger partial charge < -0.3 is 15.3 Å². The van der Waals surface area contributed by atoms with Gasteiger partial charge in [-0.05, 0) is 26.2 Å². The van der Waals surface area contributed by atoms with Crippen LogP contribution in [0, 0.1) is 0 Å². The molecule has 2 N–H and O–H groups in total. The summed E-state index contributed by atoms with van der Waals surface area (Å²) in [5, 5.41) is 11.9. The van der Waals surface area contributed by atoms with Gasteiger partial charge in [0, 0.05) is 12.6 Å². The largest absolute Gasteiger partial charge is 0.395 e. The predicted octanol–water partition coefficient (Wildman–Crippen LogP) is 0.603. The maximum atomic E-state index is 12.3. The molecule has 100 valence electrons. The highest BCUT2D eigenvalue weighted by molar-refractivity contribution is 5.82. The molecule has 0 bridgehead atoms. The summed E-state index contributed by atoms with van der Waals surface area (Å²) >= 11 is 0. The van der Waals surface area contributed by atoms with Crippen molar-refractivity contribution in [2.45, 2.75) is 44.7 Å². The first-order chi connectivity index (χ1) is 8.04. The minimum Gasteiger partial charge on any atom is -0.395 e. The molecule has 1 aliphatic rings. The van der Waals surface area contributed by atoms with E-state index in [1.54, 1.807) is 0 Å². The summed E-state index contributed by atoms with van der Waals surface area (Å²) in [5.41, 5.74) is 0. The Kier molecular flexibility index (Phi) is 5.77. The first-order valence-electron chi connectivity index (χ1n) is 5.98. The molecular formula is C11H20F2N2O2. The Morgan fingerprint density at radius 1 is 1.53 bits per heavy atom. The van der Waals surface area contributed by atoms with Crippen LogP contribution in [0.1, 0.15) is 26.2 Å². The van der Waals surface area contributed by atoms with Crippen molar-refractivity contribution in [1.82, 2.24) is 10.2 Å². The molecule has 2 atom stereocenters. The molecule has 1 heterocycles. The van der Waals surface area contributed by atoms with Crippen molar-refractivity contribution in [2.24, 2.45) is 0 Å². The lowest BCUT2D eigenvalue weighted by molar-refractivity contribution is -0.136. The molecule has 0 aromatic heterocycles. The van der Waals surface area contributed by atoms with Gasteiger partial charge in [0.05, 0.1) is 19.2 Å². The van der Waals surface area contributed by atoms with Crippen LogP contribution in [0.5, 0.6) is 0 Å². The zero-order valence-electron chi connectivity index (χ0n) is 10.0. The minimum atomic E-state index is -2.56. The molecule has 2 unspecified atom stereocenters. The number of nitrogens with zero attached hydrogens (tertiary/aromatic N) is 1. The zero-order chi connectivity index (χ0) is 12.8. The number of amides is 1. The van der Waals surface area contributed by atoms with Gasteiger partial charge in [-0.25, -0.2) is 8.78 Å². The second-order valence-corrected chi connectivity index (χ2v) is 4.45. The Hall–Kier alpha value is -0.750. The summed E-state index contributed by atoms with van der Waals surface area (Å²) in [7, 11) is 0. The monoisotopic (exact) mass is 250 g/mol. The molecular weight excluding hydrogens is 230 g/mol. The molecule has 1 saturated heterocycles. The lowest BCUT2D eigenvalue weighted by Gasteiger charge is -2.32. The maximum Gasteiger partial charge on any atom is 0.255 e. The topological polar surface area (TPSA) is 52.6 Å². The third-order valence-electron chi connectivity index (χ3n) is 2.95. The molecule has 4 nitrogen and oxygen atoms in total. The van der Waals surface area contributed by atoms with Gasteiger partial charge in [-0.2, -0.15) is 0 Å². The van der Waals surface area contributed by atoms with Crippen LogP contribution in [0.25, 0.3) is 0 Å². The molecule has 1 rings (SSSR count). The van der Waals surface area contributed by atoms with Crippen molar-refractivity contribution in [3.8, 4) is 0 Å². The molecule has 1 amide bonds. The number of carbonyl (C=O) groups excluding carboxylic acids is 1. The number of nitrogens with one attached hydrogen (secondary N) is 1. The van der Waals surface area contributed by atoms with Crippen LogP contribution in [0.4, 0.5) is 8.78 Å². The predicted molar refractivity (Wildman–Crippen MR) is 59.9 cm³/mol. The minimum absolute atomic E-state index is 0.0320. The van der Waals surface area contributed by atoms with E-state index in [0.29, 0.717) is 6.42 Å². The maximum absolute atomic E-state index is 12.3. The number of piperidine rings is 1. The van der Waals surface area contributed by atoms with Crippen LogP contribution < -0.4 is 5.32 Å². The highest BCUT2D eigenvalue weighted by Gasteiger charge is 2.29. The number of carbonyl (C=O) groups is 1. The molecule has 17 heavy (non-hydrogen) atoms. The second kappa shape index (κ2) is 6.86. The normalized spacial score (nSPS) is 25.0. The van der Waals surface area contributed by atoms with E-state index in [1.807, 2.05) is 6.92 Å². The third-order valence-corrected chi connectivity index (χ3v) is 2.95. The number of alkyl halides is 2. The smallest absolute Gasteiger partial charge is 0.255 e. The van der Waals surface area contributed by atoms with Crippen molar-refractivity contribution in [3.63, 3.8) is 0 Å². The van der Waals surface area contributed by atoms with Gasteiger partial charge in [-0.15, -0.1) is 0 Å². The molecule has 6 heteroatoms. The second-order valence-electron chi connectivity index (χ2n) is 4.45. The Labute approximate surface area is 100.0 Å². The van der Waals surface area contributed by atoms with Gasteiger partial charge in [0.1, 0.15) is 0 Å². The van der Waals surface area contributed by atoms with Crippen LogP contribution in [0.3, 0.4) is 0 Å². The number of hydrogen-bond acceptors (Lipinski definition) is 3. The van der Waals surface area contributed by atoms with E-state index in [0.717, 1.165) is 17.7 Å². The number of hydrogen-bond donors (Lipinski definition) is 2. The molecule has 1 fully saturated rings. The van der Waals surface area contributed by atoms with Crippen LogP contribution in [0.15, 0.2) is 0 Å². The lowest BCUT2D eigenvalue weighted by Crippen LogP contribution is -2.52. The van der Waals surface area contributed by atoms with Crippen LogP contribution in [0.2, 0.25) is 0 Å². The van der Waals surface area contributed by atoms with Crippen molar-refractivity contribution in [2.75, 3.05) is 19.7 Å². The quantitative estimate of drug-likeness (QED) is 0.751. The van der Waals surface area contributed by atoms with E-state index in [4.69, 9.17) is 5.11 Å². The summed E-state index contributed by atoms with van der Waals surface area (Å²) in [4.78, 5) is 13.0. The fourth-order valence-electron chi connectivity index (χ4n) is 2.13. The molecule has 0 spiro atoms. The molecule has 0 aromatic rings. The Morgan fingerprint density at radius 2 is 2.24 bits per heavy atom. The number of aliphatic hydroxyl groups excluding tert-OH is 1. The molecule has 0 saturated carbocycles. The highest BCUT2D eigenvalue weighted by Crippen LogP contribution is 2.14. The highest BCUT2D eigenvalue weighted by atomic mass is 19.3. The van der Waals surface area contributed by atoms with E-state index in [-0.39, 0.29) is 31.1 Å². The molecule has 0 aromatic carbocycles. The average Bonchev–Trinajstić information content (AvgIpc) is 2.27. The fraction of sp³-hybridized carbons (Fsp3) is 0.909. The van der Waals surface area contributed by atoms with Crippen molar-refractivity contribution in [1.29, 1.82) is 0 Å². The summed E-state index contributed by atoms with van der Waals surface area (Å²) in [6.07, 6.45) is 0.0330. The lowest BCUT2D eigenvalue weighted by atomic mass is 9.98. The fourth-order valence-corrected chi connectivity index (χ4v) is 2.13. The van der Waals surface area contributed by atoms with Gasteiger partial charge in [-0.1, -0.05) is 0 Å². The van der Waals surface area contributed by atoms with Gasteiger partial charge in [-0.3, -0.25) is 4.79 Å². The van der Waals surface area contributed by atoms with Gasteiger partial charge in [0.25, 0.3) is 6.43 Å². The number of halogens is 2. The average molecular weight is 250 g/mol. The molecule has 1 aliphatic heterocycles. The third kappa shape index (κ3) is 4.55. The first kappa shape index (κ1) is 14.3. The van der Waals surface area contributed by atoms with E-state index >= 15 is 0 Å². The van der Waals surface area contributed by atoms with Gasteiger partial charge in [0.2, 0.25) is 5.91 Å². The van der Waals surface area contributed by atoms with Crippen LogP contribution in [-0.2, 0) is 4.79 Å². The van der Waals surface area contributed by atoms with E-state index in [2.05, 4.69) is 5.32 Å². The SMILES string of the molecule is CC1CCCC(C(=O)N(CCO)CC(F)F)N1. The first-order valence-corrected chi connectivity index (χ1v) is 5.98.